The lowest BCUT2D eigenvalue weighted by molar-refractivity contribution is -0.115. The van der Waals surface area contributed by atoms with Crippen LogP contribution in [0.1, 0.15) is 35.7 Å². The summed E-state index contributed by atoms with van der Waals surface area (Å²) in [6.07, 6.45) is 2.01. The average Bonchev–Trinajstić information content (AvgIpc) is 3.14. The molecule has 4 nitrogen and oxygen atoms in total. The van der Waals surface area contributed by atoms with Gasteiger partial charge in [-0.15, -0.1) is 11.3 Å². The van der Waals surface area contributed by atoms with Crippen molar-refractivity contribution in [2.45, 2.75) is 39.7 Å². The molecule has 0 unspecified atom stereocenters. The molecule has 0 bridgehead atoms. The standard InChI is InChI=1S/C22H23ClN2O2S/c1-3-15-6-5-7-16(4-2)22(15)25-20(26)12-18-14-28-21(24-18)13-27-19-10-8-17(23)9-11-19/h5-11,14H,3-4,12-13H2,1-2H3,(H,25,26). The van der Waals surface area contributed by atoms with Crippen molar-refractivity contribution < 1.29 is 9.53 Å². The second-order valence-electron chi connectivity index (χ2n) is 6.36. The molecule has 1 aromatic heterocycles. The van der Waals surface area contributed by atoms with E-state index in [1.54, 1.807) is 12.1 Å². The quantitative estimate of drug-likeness (QED) is 0.515. The molecular weight excluding hydrogens is 392 g/mol. The number of aromatic nitrogens is 1. The molecule has 0 saturated carbocycles. The van der Waals surface area contributed by atoms with Crippen LogP contribution in [-0.4, -0.2) is 10.9 Å². The molecule has 2 aromatic carbocycles. The molecule has 146 valence electrons. The Labute approximate surface area is 174 Å². The first-order chi connectivity index (χ1) is 13.6. The van der Waals surface area contributed by atoms with Gasteiger partial charge in [-0.25, -0.2) is 4.98 Å². The Balaban J connectivity index is 1.59. The van der Waals surface area contributed by atoms with Crippen LogP contribution in [0.5, 0.6) is 5.75 Å². The van der Waals surface area contributed by atoms with Gasteiger partial charge in [0.1, 0.15) is 17.4 Å². The van der Waals surface area contributed by atoms with Gasteiger partial charge in [-0.05, 0) is 48.2 Å². The number of aryl methyl sites for hydroxylation is 2. The van der Waals surface area contributed by atoms with Crippen molar-refractivity contribution in [2.75, 3.05) is 5.32 Å². The predicted octanol–water partition coefficient (Wildman–Crippen LogP) is 5.68. The minimum Gasteiger partial charge on any atom is -0.486 e. The lowest BCUT2D eigenvalue weighted by atomic mass is 10.0. The summed E-state index contributed by atoms with van der Waals surface area (Å²) < 4.78 is 5.71. The highest BCUT2D eigenvalue weighted by Crippen LogP contribution is 2.23. The Morgan fingerprint density at radius 2 is 1.79 bits per heavy atom. The first-order valence-electron chi connectivity index (χ1n) is 9.31. The van der Waals surface area contributed by atoms with Gasteiger partial charge in [0.25, 0.3) is 0 Å². The summed E-state index contributed by atoms with van der Waals surface area (Å²) >= 11 is 7.37. The van der Waals surface area contributed by atoms with Crippen LogP contribution in [0.3, 0.4) is 0 Å². The van der Waals surface area contributed by atoms with Gasteiger partial charge in [0.15, 0.2) is 0 Å². The summed E-state index contributed by atoms with van der Waals surface area (Å²) in [7, 11) is 0. The molecule has 0 fully saturated rings. The number of rotatable bonds is 8. The molecule has 0 aliphatic rings. The Hall–Kier alpha value is -2.37. The Morgan fingerprint density at radius 3 is 2.43 bits per heavy atom. The lowest BCUT2D eigenvalue weighted by Crippen LogP contribution is -2.17. The van der Waals surface area contributed by atoms with Crippen LogP contribution in [0, 0.1) is 0 Å². The second-order valence-corrected chi connectivity index (χ2v) is 7.74. The first-order valence-corrected chi connectivity index (χ1v) is 10.6. The number of amides is 1. The zero-order valence-electron chi connectivity index (χ0n) is 16.0. The number of benzene rings is 2. The summed E-state index contributed by atoms with van der Waals surface area (Å²) in [5.74, 6) is 0.688. The molecule has 0 spiro atoms. The zero-order valence-corrected chi connectivity index (χ0v) is 17.6. The molecular formula is C22H23ClN2O2S. The van der Waals surface area contributed by atoms with Crippen molar-refractivity contribution >= 4 is 34.5 Å². The fourth-order valence-corrected chi connectivity index (χ4v) is 3.75. The van der Waals surface area contributed by atoms with Gasteiger partial charge in [0, 0.05) is 16.1 Å². The predicted molar refractivity (Wildman–Crippen MR) is 115 cm³/mol. The highest BCUT2D eigenvalue weighted by atomic mass is 35.5. The van der Waals surface area contributed by atoms with Crippen LogP contribution >= 0.6 is 22.9 Å². The van der Waals surface area contributed by atoms with Gasteiger partial charge in [0.05, 0.1) is 12.1 Å². The number of anilines is 1. The van der Waals surface area contributed by atoms with Crippen molar-refractivity contribution in [3.8, 4) is 5.75 Å². The van der Waals surface area contributed by atoms with Crippen molar-refractivity contribution in [1.29, 1.82) is 0 Å². The number of carbonyl (C=O) groups excluding carboxylic acids is 1. The van der Waals surface area contributed by atoms with E-state index < -0.39 is 0 Å². The van der Waals surface area contributed by atoms with E-state index in [9.17, 15) is 4.79 Å². The number of nitrogens with one attached hydrogen (secondary N) is 1. The van der Waals surface area contributed by atoms with E-state index in [0.717, 1.165) is 46.1 Å². The molecule has 0 saturated heterocycles. The smallest absolute Gasteiger partial charge is 0.230 e. The van der Waals surface area contributed by atoms with E-state index in [4.69, 9.17) is 16.3 Å². The number of hydrogen-bond donors (Lipinski definition) is 1. The van der Waals surface area contributed by atoms with Gasteiger partial charge >= 0.3 is 0 Å². The summed E-state index contributed by atoms with van der Waals surface area (Å²) in [5, 5.41) is 6.50. The Morgan fingerprint density at radius 1 is 1.11 bits per heavy atom. The van der Waals surface area contributed by atoms with Crippen LogP contribution in [0.2, 0.25) is 5.02 Å². The molecule has 0 atom stereocenters. The van der Waals surface area contributed by atoms with Crippen LogP contribution in [0.25, 0.3) is 0 Å². The van der Waals surface area contributed by atoms with E-state index in [1.807, 2.05) is 23.6 Å². The number of para-hydroxylation sites is 1. The van der Waals surface area contributed by atoms with E-state index in [1.165, 1.54) is 11.3 Å². The maximum Gasteiger partial charge on any atom is 0.230 e. The van der Waals surface area contributed by atoms with E-state index in [0.29, 0.717) is 11.6 Å². The summed E-state index contributed by atoms with van der Waals surface area (Å²) in [6.45, 7) is 4.56. The highest BCUT2D eigenvalue weighted by molar-refractivity contribution is 7.09. The van der Waals surface area contributed by atoms with Crippen LogP contribution < -0.4 is 10.1 Å². The number of carbonyl (C=O) groups is 1. The molecule has 1 heterocycles. The number of thiazole rings is 1. The summed E-state index contributed by atoms with van der Waals surface area (Å²) in [6, 6.07) is 13.4. The SMILES string of the molecule is CCc1cccc(CC)c1NC(=O)Cc1csc(COc2ccc(Cl)cc2)n1. The van der Waals surface area contributed by atoms with Crippen LogP contribution in [0.4, 0.5) is 5.69 Å². The number of hydrogen-bond acceptors (Lipinski definition) is 4. The largest absolute Gasteiger partial charge is 0.486 e. The molecule has 1 amide bonds. The van der Waals surface area contributed by atoms with Crippen LogP contribution in [0.15, 0.2) is 47.8 Å². The Kier molecular flexibility index (Phi) is 7.06. The summed E-state index contributed by atoms with van der Waals surface area (Å²) in [5.41, 5.74) is 4.01. The maximum absolute atomic E-state index is 12.5. The molecule has 6 heteroatoms. The second kappa shape index (κ2) is 9.71. The maximum atomic E-state index is 12.5. The molecule has 1 N–H and O–H groups in total. The monoisotopic (exact) mass is 414 g/mol. The zero-order chi connectivity index (χ0) is 19.9. The summed E-state index contributed by atoms with van der Waals surface area (Å²) in [4.78, 5) is 17.1. The van der Waals surface area contributed by atoms with Gasteiger partial charge < -0.3 is 10.1 Å². The number of halogens is 1. The molecule has 0 radical (unpaired) electrons. The van der Waals surface area contributed by atoms with Gasteiger partial charge in [-0.1, -0.05) is 43.6 Å². The topological polar surface area (TPSA) is 51.2 Å². The molecule has 28 heavy (non-hydrogen) atoms. The minimum absolute atomic E-state index is 0.0499. The third-order valence-electron chi connectivity index (χ3n) is 4.38. The fourth-order valence-electron chi connectivity index (χ4n) is 2.92. The number of nitrogens with zero attached hydrogens (tertiary/aromatic N) is 1. The van der Waals surface area contributed by atoms with Gasteiger partial charge in [-0.3, -0.25) is 4.79 Å². The van der Waals surface area contributed by atoms with Crippen molar-refractivity contribution in [3.63, 3.8) is 0 Å². The lowest BCUT2D eigenvalue weighted by Gasteiger charge is -2.14. The third-order valence-corrected chi connectivity index (χ3v) is 5.50. The van der Waals surface area contributed by atoms with Gasteiger partial charge in [0.2, 0.25) is 5.91 Å². The van der Waals surface area contributed by atoms with Gasteiger partial charge in [-0.2, -0.15) is 0 Å². The van der Waals surface area contributed by atoms with Crippen molar-refractivity contribution in [1.82, 2.24) is 4.98 Å². The first kappa shape index (κ1) is 20.4. The van der Waals surface area contributed by atoms with Crippen molar-refractivity contribution in [3.05, 3.63) is 74.7 Å². The van der Waals surface area contributed by atoms with Crippen LogP contribution in [-0.2, 0) is 30.7 Å². The van der Waals surface area contributed by atoms with E-state index in [-0.39, 0.29) is 12.3 Å². The number of ether oxygens (including phenoxy) is 1. The molecule has 3 aromatic rings. The fraction of sp³-hybridized carbons (Fsp3) is 0.273. The molecule has 3 rings (SSSR count). The normalized spacial score (nSPS) is 10.7. The Bertz CT molecular complexity index is 916. The van der Waals surface area contributed by atoms with E-state index >= 15 is 0 Å². The molecule has 0 aliphatic carbocycles. The average molecular weight is 415 g/mol. The highest BCUT2D eigenvalue weighted by Gasteiger charge is 2.12. The minimum atomic E-state index is -0.0499. The molecule has 0 aliphatic heterocycles. The van der Waals surface area contributed by atoms with Crippen molar-refractivity contribution in [2.24, 2.45) is 0 Å². The van der Waals surface area contributed by atoms with E-state index in [2.05, 4.69) is 36.3 Å². The third kappa shape index (κ3) is 5.33.